The first-order valence-corrected chi connectivity index (χ1v) is 9.01. The molecule has 0 aliphatic carbocycles. The van der Waals surface area contributed by atoms with Gasteiger partial charge in [0.2, 0.25) is 15.9 Å². The van der Waals surface area contributed by atoms with Crippen LogP contribution in [0.15, 0.2) is 0 Å². The molecule has 6 nitrogen and oxygen atoms in total. The third-order valence-corrected chi connectivity index (χ3v) is 4.92. The summed E-state index contributed by atoms with van der Waals surface area (Å²) >= 11 is 0. The summed E-state index contributed by atoms with van der Waals surface area (Å²) in [5, 5.41) is 5.97. The number of nitrogens with one attached hydrogen (secondary N) is 3. The van der Waals surface area contributed by atoms with Gasteiger partial charge in [0.05, 0.1) is 5.75 Å². The van der Waals surface area contributed by atoms with Gasteiger partial charge in [-0.3, -0.25) is 4.79 Å². The van der Waals surface area contributed by atoms with Crippen molar-refractivity contribution >= 4 is 28.3 Å². The molecule has 0 aromatic carbocycles. The summed E-state index contributed by atoms with van der Waals surface area (Å²) in [4.78, 5) is 11.7. The van der Waals surface area contributed by atoms with Crippen molar-refractivity contribution in [2.45, 2.75) is 45.6 Å². The number of hydrogen-bond donors (Lipinski definition) is 3. The number of rotatable bonds is 8. The van der Waals surface area contributed by atoms with Crippen molar-refractivity contribution in [3.63, 3.8) is 0 Å². The molecule has 0 bridgehead atoms. The van der Waals surface area contributed by atoms with Crippen molar-refractivity contribution in [2.24, 2.45) is 5.92 Å². The molecule has 0 aromatic heterocycles. The van der Waals surface area contributed by atoms with Gasteiger partial charge in [-0.2, -0.15) is 0 Å². The fraction of sp³-hybridized carbons (Fsp3) is 0.923. The lowest BCUT2D eigenvalue weighted by Gasteiger charge is -2.22. The Bertz CT molecular complexity index is 395. The molecule has 1 heterocycles. The van der Waals surface area contributed by atoms with Gasteiger partial charge < -0.3 is 10.6 Å². The molecule has 0 radical (unpaired) electrons. The second-order valence-electron chi connectivity index (χ2n) is 5.67. The second-order valence-corrected chi connectivity index (χ2v) is 7.55. The van der Waals surface area contributed by atoms with E-state index in [4.69, 9.17) is 0 Å². The molecule has 0 spiro atoms. The molecule has 1 aliphatic heterocycles. The Morgan fingerprint density at radius 1 is 1.29 bits per heavy atom. The maximum atomic E-state index is 11.7. The lowest BCUT2D eigenvalue weighted by atomic mass is 9.93. The van der Waals surface area contributed by atoms with Gasteiger partial charge in [0.25, 0.3) is 0 Å². The van der Waals surface area contributed by atoms with Crippen molar-refractivity contribution in [1.82, 2.24) is 15.4 Å². The highest BCUT2D eigenvalue weighted by molar-refractivity contribution is 7.89. The lowest BCUT2D eigenvalue weighted by Crippen LogP contribution is -2.37. The predicted octanol–water partition coefficient (Wildman–Crippen LogP) is 0.632. The molecule has 21 heavy (non-hydrogen) atoms. The van der Waals surface area contributed by atoms with E-state index >= 15 is 0 Å². The van der Waals surface area contributed by atoms with Gasteiger partial charge in [0.1, 0.15) is 0 Å². The molecule has 0 saturated carbocycles. The normalized spacial score (nSPS) is 16.5. The minimum Gasteiger partial charge on any atom is -0.355 e. The maximum Gasteiger partial charge on any atom is 0.220 e. The summed E-state index contributed by atoms with van der Waals surface area (Å²) < 4.78 is 25.6. The average Bonchev–Trinajstić information content (AvgIpc) is 2.36. The van der Waals surface area contributed by atoms with Gasteiger partial charge in [-0.25, -0.2) is 13.1 Å². The molecule has 1 amide bonds. The minimum atomic E-state index is -3.28. The zero-order valence-corrected chi connectivity index (χ0v) is 14.5. The Kier molecular flexibility index (Phi) is 10.2. The van der Waals surface area contributed by atoms with Crippen LogP contribution in [0.1, 0.15) is 39.5 Å². The summed E-state index contributed by atoms with van der Waals surface area (Å²) in [6, 6.07) is -0.115. The van der Waals surface area contributed by atoms with E-state index in [1.807, 2.05) is 0 Å². The van der Waals surface area contributed by atoms with Crippen LogP contribution in [0.25, 0.3) is 0 Å². The maximum absolute atomic E-state index is 11.7. The molecular weight excluding hydrogens is 314 g/mol. The first-order valence-electron chi connectivity index (χ1n) is 7.36. The highest BCUT2D eigenvalue weighted by Gasteiger charge is 2.15. The fourth-order valence-corrected chi connectivity index (χ4v) is 3.54. The van der Waals surface area contributed by atoms with Crippen LogP contribution in [0, 0.1) is 5.92 Å². The quantitative estimate of drug-likeness (QED) is 0.604. The van der Waals surface area contributed by atoms with Crippen LogP contribution in [0.5, 0.6) is 0 Å². The topological polar surface area (TPSA) is 87.3 Å². The van der Waals surface area contributed by atoms with E-state index in [1.165, 1.54) is 0 Å². The molecule has 0 aromatic rings. The van der Waals surface area contributed by atoms with Crippen LogP contribution >= 0.6 is 12.4 Å². The van der Waals surface area contributed by atoms with Crippen molar-refractivity contribution < 1.29 is 13.2 Å². The minimum absolute atomic E-state index is 0. The zero-order valence-electron chi connectivity index (χ0n) is 12.9. The molecule has 0 atom stereocenters. The van der Waals surface area contributed by atoms with Crippen LogP contribution in [-0.4, -0.2) is 45.8 Å². The summed E-state index contributed by atoms with van der Waals surface area (Å²) in [5.41, 5.74) is 0. The van der Waals surface area contributed by atoms with Crippen LogP contribution in [0.3, 0.4) is 0 Å². The van der Waals surface area contributed by atoms with Crippen molar-refractivity contribution in [2.75, 3.05) is 25.4 Å². The molecule has 1 saturated heterocycles. The molecule has 3 N–H and O–H groups in total. The summed E-state index contributed by atoms with van der Waals surface area (Å²) in [7, 11) is -3.28. The number of carbonyl (C=O) groups excluding carboxylic acids is 1. The van der Waals surface area contributed by atoms with Gasteiger partial charge in [-0.05, 0) is 52.1 Å². The van der Waals surface area contributed by atoms with Crippen LogP contribution in [-0.2, 0) is 14.8 Å². The van der Waals surface area contributed by atoms with Crippen LogP contribution < -0.4 is 15.4 Å². The van der Waals surface area contributed by atoms with Crippen molar-refractivity contribution in [3.05, 3.63) is 0 Å². The monoisotopic (exact) mass is 341 g/mol. The number of piperidine rings is 1. The third kappa shape index (κ3) is 10.1. The lowest BCUT2D eigenvalue weighted by molar-refractivity contribution is -0.121. The SMILES string of the molecule is CC(C)NS(=O)(=O)CCNC(=O)CCC1CCNCC1.Cl. The number of amides is 1. The van der Waals surface area contributed by atoms with Gasteiger partial charge in [0, 0.05) is 19.0 Å². The molecule has 1 fully saturated rings. The molecular formula is C13H28ClN3O3S. The predicted molar refractivity (Wildman–Crippen MR) is 87.1 cm³/mol. The summed E-state index contributed by atoms with van der Waals surface area (Å²) in [5.74, 6) is 0.501. The zero-order chi connectivity index (χ0) is 15.0. The molecule has 0 unspecified atom stereocenters. The fourth-order valence-electron chi connectivity index (χ4n) is 2.34. The van der Waals surface area contributed by atoms with Gasteiger partial charge >= 0.3 is 0 Å². The van der Waals surface area contributed by atoms with E-state index in [1.54, 1.807) is 13.8 Å². The largest absolute Gasteiger partial charge is 0.355 e. The van der Waals surface area contributed by atoms with E-state index in [0.717, 1.165) is 32.4 Å². The Balaban J connectivity index is 0.00000400. The van der Waals surface area contributed by atoms with Crippen molar-refractivity contribution in [1.29, 1.82) is 0 Å². The number of carbonyl (C=O) groups is 1. The Morgan fingerprint density at radius 3 is 2.48 bits per heavy atom. The van der Waals surface area contributed by atoms with Crippen LogP contribution in [0.4, 0.5) is 0 Å². The number of sulfonamides is 1. The molecule has 8 heteroatoms. The highest BCUT2D eigenvalue weighted by Crippen LogP contribution is 2.17. The molecule has 126 valence electrons. The Labute approximate surface area is 134 Å². The first kappa shape index (κ1) is 20.6. The second kappa shape index (κ2) is 10.4. The van der Waals surface area contributed by atoms with E-state index in [0.29, 0.717) is 12.3 Å². The Hall–Kier alpha value is -0.370. The van der Waals surface area contributed by atoms with Gasteiger partial charge in [-0.1, -0.05) is 0 Å². The average molecular weight is 342 g/mol. The van der Waals surface area contributed by atoms with Gasteiger partial charge in [0.15, 0.2) is 0 Å². The summed E-state index contributed by atoms with van der Waals surface area (Å²) in [6.45, 7) is 5.79. The van der Waals surface area contributed by atoms with E-state index in [2.05, 4.69) is 15.4 Å². The van der Waals surface area contributed by atoms with Gasteiger partial charge in [-0.15, -0.1) is 12.4 Å². The third-order valence-electron chi connectivity index (χ3n) is 3.35. The summed E-state index contributed by atoms with van der Waals surface area (Å²) in [6.07, 6.45) is 3.63. The standard InChI is InChI=1S/C13H27N3O3S.ClH/c1-11(2)16-20(18,19)10-9-15-13(17)4-3-12-5-7-14-8-6-12;/h11-12,14,16H,3-10H2,1-2H3,(H,15,17);1H. The van der Waals surface area contributed by atoms with E-state index in [9.17, 15) is 13.2 Å². The number of hydrogen-bond acceptors (Lipinski definition) is 4. The molecule has 1 rings (SSSR count). The first-order chi connectivity index (χ1) is 9.39. The van der Waals surface area contributed by atoms with Crippen molar-refractivity contribution in [3.8, 4) is 0 Å². The Morgan fingerprint density at radius 2 is 1.90 bits per heavy atom. The van der Waals surface area contributed by atoms with E-state index < -0.39 is 10.0 Å². The van der Waals surface area contributed by atoms with E-state index in [-0.39, 0.29) is 36.7 Å². The smallest absolute Gasteiger partial charge is 0.220 e. The number of halogens is 1. The highest BCUT2D eigenvalue weighted by atomic mass is 35.5. The molecule has 1 aliphatic rings. The van der Waals surface area contributed by atoms with Crippen LogP contribution in [0.2, 0.25) is 0 Å².